The van der Waals surface area contributed by atoms with E-state index in [2.05, 4.69) is 15.3 Å². The number of nitrogens with zero attached hydrogens (tertiary/aromatic N) is 2. The van der Waals surface area contributed by atoms with Gasteiger partial charge in [-0.25, -0.2) is 4.98 Å². The summed E-state index contributed by atoms with van der Waals surface area (Å²) in [6.45, 7) is 0.663. The lowest BCUT2D eigenvalue weighted by molar-refractivity contribution is 0.274. The van der Waals surface area contributed by atoms with Crippen molar-refractivity contribution in [1.29, 1.82) is 0 Å². The van der Waals surface area contributed by atoms with Gasteiger partial charge in [0.2, 0.25) is 5.88 Å². The summed E-state index contributed by atoms with van der Waals surface area (Å²) in [6.07, 6.45) is 2.28. The largest absolute Gasteiger partial charge is 0.493 e. The molecule has 1 aliphatic rings. The molecule has 1 aliphatic heterocycles. The first-order valence-corrected chi connectivity index (χ1v) is 6.42. The summed E-state index contributed by atoms with van der Waals surface area (Å²) in [7, 11) is 1.53. The van der Waals surface area contributed by atoms with Crippen LogP contribution in [0.25, 0.3) is 0 Å². The molecular weight excluding hydrogens is 256 g/mol. The van der Waals surface area contributed by atoms with E-state index < -0.39 is 0 Å². The van der Waals surface area contributed by atoms with Crippen LogP contribution in [0.15, 0.2) is 30.6 Å². The molecule has 3 rings (SSSR count). The Balaban J connectivity index is 1.90. The van der Waals surface area contributed by atoms with Crippen molar-refractivity contribution < 1.29 is 9.47 Å². The normalized spacial score (nSPS) is 16.9. The van der Waals surface area contributed by atoms with Gasteiger partial charge in [0, 0.05) is 12.0 Å². The Morgan fingerprint density at radius 2 is 2.20 bits per heavy atom. The van der Waals surface area contributed by atoms with Crippen molar-refractivity contribution in [3.8, 4) is 11.6 Å². The average molecular weight is 272 g/mol. The van der Waals surface area contributed by atoms with Crippen LogP contribution in [-0.4, -0.2) is 23.7 Å². The Kier molecular flexibility index (Phi) is 3.28. The molecule has 0 spiro atoms. The van der Waals surface area contributed by atoms with Gasteiger partial charge in [-0.05, 0) is 6.07 Å². The van der Waals surface area contributed by atoms with Crippen molar-refractivity contribution in [3.05, 3.63) is 36.2 Å². The number of ether oxygens (including phenoxy) is 2. The minimum absolute atomic E-state index is 0.113. The minimum atomic E-state index is 0.113. The fourth-order valence-electron chi connectivity index (χ4n) is 2.31. The topological polar surface area (TPSA) is 82.3 Å². The summed E-state index contributed by atoms with van der Waals surface area (Å²) >= 11 is 0. The number of fused-ring (bicyclic) bond motifs is 1. The van der Waals surface area contributed by atoms with Gasteiger partial charge in [0.25, 0.3) is 0 Å². The maximum absolute atomic E-state index is 5.99. The predicted molar refractivity (Wildman–Crippen MR) is 75.9 cm³/mol. The molecule has 2 aromatic rings. The van der Waals surface area contributed by atoms with Crippen molar-refractivity contribution in [2.75, 3.05) is 24.8 Å². The van der Waals surface area contributed by atoms with E-state index in [0.29, 0.717) is 24.0 Å². The van der Waals surface area contributed by atoms with Crippen molar-refractivity contribution in [2.24, 2.45) is 0 Å². The molecule has 104 valence electrons. The van der Waals surface area contributed by atoms with E-state index in [0.717, 1.165) is 17.7 Å². The zero-order valence-electron chi connectivity index (χ0n) is 11.2. The quantitative estimate of drug-likeness (QED) is 0.889. The molecule has 1 unspecified atom stereocenters. The van der Waals surface area contributed by atoms with Crippen molar-refractivity contribution in [2.45, 2.75) is 12.5 Å². The van der Waals surface area contributed by atoms with Crippen LogP contribution in [0.3, 0.4) is 0 Å². The highest BCUT2D eigenvalue weighted by molar-refractivity contribution is 5.67. The van der Waals surface area contributed by atoms with Gasteiger partial charge in [0.1, 0.15) is 17.8 Å². The van der Waals surface area contributed by atoms with E-state index in [9.17, 15) is 0 Å². The highest BCUT2D eigenvalue weighted by atomic mass is 16.5. The van der Waals surface area contributed by atoms with Gasteiger partial charge in [0.15, 0.2) is 5.82 Å². The summed E-state index contributed by atoms with van der Waals surface area (Å²) in [4.78, 5) is 8.16. The molecule has 0 saturated carbocycles. The Bertz CT molecular complexity index is 618. The monoisotopic (exact) mass is 272 g/mol. The van der Waals surface area contributed by atoms with Crippen molar-refractivity contribution in [3.63, 3.8) is 0 Å². The summed E-state index contributed by atoms with van der Waals surface area (Å²) in [6, 6.07) is 8.07. The van der Waals surface area contributed by atoms with Crippen LogP contribution < -0.4 is 20.5 Å². The lowest BCUT2D eigenvalue weighted by atomic mass is 10.0. The Labute approximate surface area is 116 Å². The minimum Gasteiger partial charge on any atom is -0.493 e. The number of nitrogens with two attached hydrogens (primary N) is 1. The third-order valence-corrected chi connectivity index (χ3v) is 3.31. The van der Waals surface area contributed by atoms with Gasteiger partial charge in [-0.3, -0.25) is 0 Å². The predicted octanol–water partition coefficient (Wildman–Crippen LogP) is 2.00. The van der Waals surface area contributed by atoms with Crippen LogP contribution in [0.4, 0.5) is 11.5 Å². The number of aromatic nitrogens is 2. The summed E-state index contributed by atoms with van der Waals surface area (Å²) in [5.41, 5.74) is 7.51. The van der Waals surface area contributed by atoms with Gasteiger partial charge in [-0.1, -0.05) is 18.2 Å². The van der Waals surface area contributed by atoms with E-state index in [-0.39, 0.29) is 6.04 Å². The molecule has 0 amide bonds. The van der Waals surface area contributed by atoms with Crippen molar-refractivity contribution in [1.82, 2.24) is 9.97 Å². The lowest BCUT2D eigenvalue weighted by Crippen LogP contribution is -2.21. The highest BCUT2D eigenvalue weighted by Crippen LogP contribution is 2.35. The number of rotatable bonds is 3. The number of benzene rings is 1. The molecule has 0 fully saturated rings. The van der Waals surface area contributed by atoms with Gasteiger partial charge in [-0.2, -0.15) is 4.98 Å². The second kappa shape index (κ2) is 5.24. The molecule has 6 heteroatoms. The maximum atomic E-state index is 5.99. The first-order chi connectivity index (χ1) is 9.79. The first kappa shape index (κ1) is 12.5. The molecule has 0 bridgehead atoms. The van der Waals surface area contributed by atoms with Crippen LogP contribution >= 0.6 is 0 Å². The Morgan fingerprint density at radius 1 is 1.35 bits per heavy atom. The van der Waals surface area contributed by atoms with Crippen LogP contribution in [0.1, 0.15) is 18.0 Å². The number of hydrogen-bond donors (Lipinski definition) is 2. The van der Waals surface area contributed by atoms with Crippen molar-refractivity contribution >= 4 is 11.5 Å². The van der Waals surface area contributed by atoms with Gasteiger partial charge >= 0.3 is 0 Å². The number of nitrogens with one attached hydrogen (secondary N) is 1. The molecule has 0 aliphatic carbocycles. The maximum Gasteiger partial charge on any atom is 0.242 e. The molecule has 0 radical (unpaired) electrons. The number of hydrogen-bond acceptors (Lipinski definition) is 6. The molecule has 20 heavy (non-hydrogen) atoms. The third-order valence-electron chi connectivity index (χ3n) is 3.31. The highest BCUT2D eigenvalue weighted by Gasteiger charge is 2.22. The molecular formula is C14H16N4O2. The van der Waals surface area contributed by atoms with Crippen LogP contribution in [0.5, 0.6) is 11.6 Å². The molecule has 0 saturated heterocycles. The fourth-order valence-corrected chi connectivity index (χ4v) is 2.31. The average Bonchev–Trinajstić information content (AvgIpc) is 2.50. The SMILES string of the molecule is COc1ncnc(NC2CCOc3ccccc32)c1N. The van der Waals surface area contributed by atoms with E-state index in [1.165, 1.54) is 13.4 Å². The van der Waals surface area contributed by atoms with Crippen LogP contribution in [0.2, 0.25) is 0 Å². The zero-order chi connectivity index (χ0) is 13.9. The van der Waals surface area contributed by atoms with Crippen LogP contribution in [-0.2, 0) is 0 Å². The second-order valence-corrected chi connectivity index (χ2v) is 4.52. The number of para-hydroxylation sites is 1. The smallest absolute Gasteiger partial charge is 0.242 e. The number of nitrogen functional groups attached to an aromatic ring is 1. The summed E-state index contributed by atoms with van der Waals surface area (Å²) in [5, 5.41) is 3.34. The van der Waals surface area contributed by atoms with E-state index in [1.54, 1.807) is 0 Å². The number of anilines is 2. The molecule has 1 atom stereocenters. The first-order valence-electron chi connectivity index (χ1n) is 6.42. The standard InChI is InChI=1S/C14H16N4O2/c1-19-14-12(15)13(16-8-17-14)18-10-6-7-20-11-5-3-2-4-9(10)11/h2-5,8,10H,6-7,15H2,1H3,(H,16,17,18). The zero-order valence-corrected chi connectivity index (χ0v) is 11.2. The molecule has 1 aromatic carbocycles. The van der Waals surface area contributed by atoms with Gasteiger partial charge < -0.3 is 20.5 Å². The van der Waals surface area contributed by atoms with Crippen LogP contribution in [0, 0.1) is 0 Å². The Hall–Kier alpha value is -2.50. The van der Waals surface area contributed by atoms with E-state index >= 15 is 0 Å². The summed E-state index contributed by atoms with van der Waals surface area (Å²) < 4.78 is 10.7. The van der Waals surface area contributed by atoms with E-state index in [4.69, 9.17) is 15.2 Å². The Morgan fingerprint density at radius 3 is 3.05 bits per heavy atom. The molecule has 1 aromatic heterocycles. The van der Waals surface area contributed by atoms with E-state index in [1.807, 2.05) is 24.3 Å². The third kappa shape index (κ3) is 2.20. The van der Waals surface area contributed by atoms with Gasteiger partial charge in [0.05, 0.1) is 19.8 Å². The molecule has 3 N–H and O–H groups in total. The molecule has 2 heterocycles. The lowest BCUT2D eigenvalue weighted by Gasteiger charge is -2.27. The number of methoxy groups -OCH3 is 1. The fraction of sp³-hybridized carbons (Fsp3) is 0.286. The van der Waals surface area contributed by atoms with Gasteiger partial charge in [-0.15, -0.1) is 0 Å². The molecule has 6 nitrogen and oxygen atoms in total. The summed E-state index contributed by atoms with van der Waals surface area (Å²) in [5.74, 6) is 1.86. The second-order valence-electron chi connectivity index (χ2n) is 4.52.